The Bertz CT molecular complexity index is 5310. The van der Waals surface area contributed by atoms with Gasteiger partial charge in [-0.05, 0) is 338 Å². The lowest BCUT2D eigenvalue weighted by molar-refractivity contribution is 0.00827. The fraction of sp³-hybridized carbons (Fsp3) is 0.385. The Morgan fingerprint density at radius 2 is 0.485 bits per heavy atom. The lowest BCUT2D eigenvalue weighted by Gasteiger charge is -2.27. The van der Waals surface area contributed by atoms with Crippen molar-refractivity contribution in [2.75, 3.05) is 26.4 Å². The van der Waals surface area contributed by atoms with Gasteiger partial charge in [-0.3, -0.25) is 0 Å². The molecule has 0 amide bonds. The summed E-state index contributed by atoms with van der Waals surface area (Å²) in [5, 5.41) is 58.1. The topological polar surface area (TPSA) is 149 Å². The number of rotatable bonds is 12. The van der Waals surface area contributed by atoms with E-state index in [1.165, 1.54) is 102 Å². The molecular weight excluding hydrogens is 1660 g/mol. The first-order valence-corrected chi connectivity index (χ1v) is 46.5. The van der Waals surface area contributed by atoms with Gasteiger partial charge in [0.25, 0.3) is 0 Å². The molecule has 3 aliphatic heterocycles. The van der Waals surface area contributed by atoms with Crippen LogP contribution in [0.25, 0.3) is 0 Å². The van der Waals surface area contributed by atoms with Crippen LogP contribution < -0.4 is 0 Å². The van der Waals surface area contributed by atoms with Crippen molar-refractivity contribution in [1.29, 1.82) is 0 Å². The molecule has 12 aromatic rings. The van der Waals surface area contributed by atoms with Crippen LogP contribution in [0.1, 0.15) is 320 Å². The second kappa shape index (κ2) is 44.8. The third kappa shape index (κ3) is 21.9. The number of hydrogen-bond donors (Lipinski definition) is 6. The second-order valence-corrected chi connectivity index (χ2v) is 37.2. The minimum absolute atomic E-state index is 0. The van der Waals surface area contributed by atoms with Crippen LogP contribution in [0, 0.1) is 40.8 Å². The lowest BCUT2D eigenvalue weighted by atomic mass is 9.78. The maximum atomic E-state index is 13.7. The van der Waals surface area contributed by atoms with E-state index in [9.17, 15) is 57.0 Å². The predicted octanol–water partition coefficient (Wildman–Crippen LogP) is 26.1. The average molecular weight is 1800 g/mol. The Hall–Kier alpha value is -10.1. The zero-order valence-corrected chi connectivity index (χ0v) is 74.5. The summed E-state index contributed by atoms with van der Waals surface area (Å²) < 4.78 is 100. The molecular formula is C117H132F6O9. The molecule has 3 fully saturated rings. The number of aliphatic hydroxyl groups excluding tert-OH is 6. The summed E-state index contributed by atoms with van der Waals surface area (Å²) in [4.78, 5) is 0. The molecule has 9 nitrogen and oxygen atoms in total. The van der Waals surface area contributed by atoms with E-state index in [-0.39, 0.29) is 186 Å². The Balaban J connectivity index is 0.000000134. The highest BCUT2D eigenvalue weighted by Gasteiger charge is 2.45. The van der Waals surface area contributed by atoms with Crippen molar-refractivity contribution in [2.24, 2.45) is 5.92 Å². The summed E-state index contributed by atoms with van der Waals surface area (Å²) >= 11 is 0. The van der Waals surface area contributed by atoms with Gasteiger partial charge in [-0.1, -0.05) is 246 Å². The first kappa shape index (κ1) is 99.3. The molecule has 21 rings (SSSR count). The van der Waals surface area contributed by atoms with E-state index in [0.29, 0.717) is 5.92 Å². The normalized spacial score (nSPS) is 23.5. The molecule has 3 heterocycles. The molecule has 6 aliphatic carbocycles. The van der Waals surface area contributed by atoms with Gasteiger partial charge in [-0.15, -0.1) is 0 Å². The van der Waals surface area contributed by atoms with Crippen LogP contribution in [-0.2, 0) is 52.7 Å². The van der Waals surface area contributed by atoms with Crippen molar-refractivity contribution in [3.63, 3.8) is 0 Å². The summed E-state index contributed by atoms with van der Waals surface area (Å²) in [7, 11) is 0. The summed E-state index contributed by atoms with van der Waals surface area (Å²) in [6, 6.07) is 80.9. The number of aliphatic hydroxyl groups is 6. The lowest BCUT2D eigenvalue weighted by Crippen LogP contribution is -2.16. The van der Waals surface area contributed by atoms with Crippen molar-refractivity contribution in [3.8, 4) is 0 Å². The van der Waals surface area contributed by atoms with E-state index in [1.54, 1.807) is 54.6 Å². The minimum atomic E-state index is -0.310. The number of halogens is 6. The van der Waals surface area contributed by atoms with E-state index in [4.69, 9.17) is 14.2 Å². The second-order valence-electron chi connectivity index (χ2n) is 37.2. The molecule has 0 spiro atoms. The standard InChI is InChI=1S/3C20H23FO.3C18H17FO2.3CH4/c1-13(12-22)9-20-14(2)19-11-17(21)8-7-16(19)10-15-5-3-4-6-18(15)20;2*1-3-17(22)12-20-13(2)19-11-16(21)9-8-15(19)10-14-6-4-5-7-18(14)20;3*19-13-6-5-12-7-11-3-1-2-4-15(11)17-9-14(10-20)21-18(17)16(12)8-13;;;/h3-8,11,13-14,20,22H,9-10,12H2,1-2H3;2*4-9,11,13,17,20,22H,3,10,12H2,1-2H3;3*1-6,8,14,17-18,20H,7,9-10H2;3*1H4/t13-,14+,20+;13-,17+,20-;13-,17-,20-;14-,17+,18-;2*14-,17-,18+;;;/m110010.../s1. The zero-order valence-electron chi connectivity index (χ0n) is 74.5. The Morgan fingerprint density at radius 1 is 0.280 bits per heavy atom. The summed E-state index contributed by atoms with van der Waals surface area (Å²) in [6.07, 6.45) is 9.63. The van der Waals surface area contributed by atoms with Gasteiger partial charge < -0.3 is 44.8 Å². The predicted molar refractivity (Wildman–Crippen MR) is 516 cm³/mol. The zero-order chi connectivity index (χ0) is 90.3. The third-order valence-electron chi connectivity index (χ3n) is 29.1. The highest BCUT2D eigenvalue weighted by atomic mass is 19.1. The maximum Gasteiger partial charge on any atom is 0.123 e. The van der Waals surface area contributed by atoms with Gasteiger partial charge in [0.2, 0.25) is 0 Å². The Kier molecular flexibility index (Phi) is 33.7. The number of hydrogen-bond acceptors (Lipinski definition) is 9. The number of benzene rings is 12. The summed E-state index contributed by atoms with van der Waals surface area (Å²) in [6.45, 7) is 12.8. The van der Waals surface area contributed by atoms with Gasteiger partial charge in [-0.25, -0.2) is 26.3 Å². The molecule has 6 N–H and O–H groups in total. The molecule has 18 atom stereocenters. The molecule has 9 aliphatic rings. The highest BCUT2D eigenvalue weighted by molar-refractivity contribution is 5.53. The van der Waals surface area contributed by atoms with E-state index < -0.39 is 0 Å². The van der Waals surface area contributed by atoms with Crippen molar-refractivity contribution < 1.29 is 71.2 Å². The molecule has 0 unspecified atom stereocenters. The molecule has 0 saturated carbocycles. The van der Waals surface area contributed by atoms with E-state index in [0.717, 1.165) is 140 Å². The number of fused-ring (bicyclic) bond motifs is 21. The van der Waals surface area contributed by atoms with Gasteiger partial charge in [0.1, 0.15) is 34.9 Å². The third-order valence-corrected chi connectivity index (χ3v) is 29.1. The molecule has 0 radical (unpaired) electrons. The average Bonchev–Trinajstić information content (AvgIpc) is 1.62. The summed E-state index contributed by atoms with van der Waals surface area (Å²) in [5.74, 6) is 1.08. The fourth-order valence-electron chi connectivity index (χ4n) is 22.3. The van der Waals surface area contributed by atoms with Crippen LogP contribution in [0.5, 0.6) is 0 Å². The maximum absolute atomic E-state index is 13.7. The van der Waals surface area contributed by atoms with Crippen molar-refractivity contribution in [1.82, 2.24) is 0 Å². The monoisotopic (exact) mass is 1790 g/mol. The summed E-state index contributed by atoms with van der Waals surface area (Å²) in [5.41, 5.74) is 28.6. The molecule has 132 heavy (non-hydrogen) atoms. The molecule has 15 heteroatoms. The molecule has 12 aromatic carbocycles. The van der Waals surface area contributed by atoms with Crippen LogP contribution in [0.4, 0.5) is 26.3 Å². The van der Waals surface area contributed by atoms with Gasteiger partial charge in [0.15, 0.2) is 0 Å². The molecule has 3 saturated heterocycles. The van der Waals surface area contributed by atoms with E-state index in [2.05, 4.69) is 137 Å². The highest BCUT2D eigenvalue weighted by Crippen LogP contribution is 2.54. The van der Waals surface area contributed by atoms with Crippen LogP contribution in [0.15, 0.2) is 255 Å². The van der Waals surface area contributed by atoms with Gasteiger partial charge in [0.05, 0.1) is 68.7 Å². The number of ether oxygens (including phenoxy) is 3. The van der Waals surface area contributed by atoms with Crippen molar-refractivity contribution >= 4 is 0 Å². The Labute approximate surface area is 778 Å². The van der Waals surface area contributed by atoms with Gasteiger partial charge in [0, 0.05) is 24.4 Å². The quantitative estimate of drug-likeness (QED) is 0.0658. The largest absolute Gasteiger partial charge is 0.396 e. The fourth-order valence-corrected chi connectivity index (χ4v) is 22.3. The first-order valence-electron chi connectivity index (χ1n) is 46.5. The van der Waals surface area contributed by atoms with E-state index >= 15 is 0 Å². The van der Waals surface area contributed by atoms with Crippen LogP contribution >= 0.6 is 0 Å². The molecule has 696 valence electrons. The smallest absolute Gasteiger partial charge is 0.123 e. The van der Waals surface area contributed by atoms with Crippen molar-refractivity contribution in [2.45, 2.75) is 256 Å². The molecule has 0 aromatic heterocycles. The Morgan fingerprint density at radius 3 is 0.720 bits per heavy atom. The minimum Gasteiger partial charge on any atom is -0.396 e. The first-order chi connectivity index (χ1) is 62.6. The van der Waals surface area contributed by atoms with Gasteiger partial charge in [-0.2, -0.15) is 0 Å². The SMILES string of the molecule is C.C.C.CC[C@H](O)C[C@@H]1c2ccccc2Cc2ccc(F)cc2[C@@H]1C.CC[C@H](O)C[C@H]1c2ccccc2Cc2ccc(F)cc2[C@H]1C.C[C@@H](CO)C[C@@H]1c2ccccc2Cc2ccc(F)cc2[C@@H]1C.OC[C@@H]1C[C@@H]2c3ccccc3Cc3ccc(F)cc3[C@@H]2O1.OC[C@@H]1C[C@H]2c3ccccc3Cc3ccc(F)cc3[C@H]2O1.OC[C@H]1C[C@@H]2c3ccccc3Cc3ccc(F)cc3[C@@H]2O1. The van der Waals surface area contributed by atoms with Gasteiger partial charge >= 0.3 is 0 Å². The van der Waals surface area contributed by atoms with Crippen LogP contribution in [-0.4, -0.2) is 87.6 Å². The van der Waals surface area contributed by atoms with E-state index in [1.807, 2.05) is 86.6 Å². The molecule has 0 bridgehead atoms. The van der Waals surface area contributed by atoms with Crippen LogP contribution in [0.3, 0.4) is 0 Å². The van der Waals surface area contributed by atoms with Crippen LogP contribution in [0.2, 0.25) is 0 Å². The van der Waals surface area contributed by atoms with Crippen molar-refractivity contribution in [3.05, 3.63) is 423 Å².